The van der Waals surface area contributed by atoms with E-state index >= 15 is 0 Å². The molecule has 0 bridgehead atoms. The summed E-state index contributed by atoms with van der Waals surface area (Å²) in [6, 6.07) is 3.45. The molecule has 9 heteroatoms. The topological polar surface area (TPSA) is 65.7 Å². The molecule has 1 aromatic rings. The first-order valence-corrected chi connectivity index (χ1v) is 6.74. The molecule has 0 radical (unpaired) electrons. The summed E-state index contributed by atoms with van der Waals surface area (Å²) in [6.45, 7) is 1.66. The number of hydrogen-bond donors (Lipinski definition) is 3. The van der Waals surface area contributed by atoms with Gasteiger partial charge in [-0.15, -0.1) is 12.4 Å². The minimum atomic E-state index is 0. The maximum atomic E-state index is 6.20. The van der Waals surface area contributed by atoms with Gasteiger partial charge in [-0.05, 0) is 24.4 Å². The van der Waals surface area contributed by atoms with Crippen molar-refractivity contribution in [3.05, 3.63) is 22.2 Å². The van der Waals surface area contributed by atoms with Crippen molar-refractivity contribution in [2.24, 2.45) is 10.7 Å². The van der Waals surface area contributed by atoms with Crippen molar-refractivity contribution in [1.82, 2.24) is 10.6 Å². The van der Waals surface area contributed by atoms with E-state index in [1.807, 2.05) is 0 Å². The SMILES string of the molecule is CN(C(N)=S)c1cc(Cl)c(N=C2NCCN2)c(Cl)c1.Cl. The second kappa shape index (κ2) is 7.17. The third kappa shape index (κ3) is 3.79. The van der Waals surface area contributed by atoms with Crippen molar-refractivity contribution >= 4 is 70.3 Å². The predicted molar refractivity (Wildman–Crippen MR) is 92.0 cm³/mol. The second-order valence-electron chi connectivity index (χ2n) is 3.97. The lowest BCUT2D eigenvalue weighted by Gasteiger charge is -2.18. The average Bonchev–Trinajstić information content (AvgIpc) is 2.85. The van der Waals surface area contributed by atoms with Crippen LogP contribution in [0.2, 0.25) is 10.0 Å². The highest BCUT2D eigenvalue weighted by molar-refractivity contribution is 7.80. The van der Waals surface area contributed by atoms with Crippen LogP contribution in [0, 0.1) is 0 Å². The zero-order valence-corrected chi connectivity index (χ0v) is 13.8. The van der Waals surface area contributed by atoms with Gasteiger partial charge < -0.3 is 21.3 Å². The first-order valence-electron chi connectivity index (χ1n) is 5.57. The molecule has 110 valence electrons. The van der Waals surface area contributed by atoms with Crippen LogP contribution in [0.5, 0.6) is 0 Å². The lowest BCUT2D eigenvalue weighted by Crippen LogP contribution is -2.31. The monoisotopic (exact) mass is 353 g/mol. The molecular weight excluding hydrogens is 341 g/mol. The lowest BCUT2D eigenvalue weighted by molar-refractivity contribution is 0.942. The highest BCUT2D eigenvalue weighted by atomic mass is 35.5. The van der Waals surface area contributed by atoms with E-state index in [-0.39, 0.29) is 17.5 Å². The van der Waals surface area contributed by atoms with Gasteiger partial charge in [-0.1, -0.05) is 23.2 Å². The zero-order valence-electron chi connectivity index (χ0n) is 10.6. The van der Waals surface area contributed by atoms with Crippen molar-refractivity contribution in [2.45, 2.75) is 0 Å². The summed E-state index contributed by atoms with van der Waals surface area (Å²) in [5, 5.41) is 7.29. The maximum Gasteiger partial charge on any atom is 0.196 e. The highest BCUT2D eigenvalue weighted by Crippen LogP contribution is 2.37. The van der Waals surface area contributed by atoms with Crippen LogP contribution in [-0.4, -0.2) is 31.2 Å². The smallest absolute Gasteiger partial charge is 0.196 e. The number of halogens is 3. The van der Waals surface area contributed by atoms with Crippen LogP contribution in [-0.2, 0) is 0 Å². The Kier molecular flexibility index (Phi) is 6.13. The van der Waals surface area contributed by atoms with Crippen molar-refractivity contribution in [2.75, 3.05) is 25.0 Å². The number of rotatable bonds is 2. The molecule has 1 aliphatic rings. The Morgan fingerprint density at radius 2 is 1.80 bits per heavy atom. The number of benzene rings is 1. The van der Waals surface area contributed by atoms with E-state index in [2.05, 4.69) is 15.6 Å². The van der Waals surface area contributed by atoms with E-state index in [1.165, 1.54) is 0 Å². The number of thiocarbonyl (C=S) groups is 1. The number of nitrogens with one attached hydrogen (secondary N) is 2. The Hall–Kier alpha value is -0.950. The molecule has 0 amide bonds. The van der Waals surface area contributed by atoms with Crippen LogP contribution >= 0.6 is 47.8 Å². The molecule has 0 unspecified atom stereocenters. The molecule has 0 aliphatic carbocycles. The van der Waals surface area contributed by atoms with Gasteiger partial charge in [0.1, 0.15) is 5.69 Å². The Morgan fingerprint density at radius 3 is 2.25 bits per heavy atom. The number of nitrogens with two attached hydrogens (primary N) is 1. The van der Waals surface area contributed by atoms with E-state index in [4.69, 9.17) is 41.2 Å². The molecule has 1 aromatic carbocycles. The minimum Gasteiger partial charge on any atom is -0.376 e. The van der Waals surface area contributed by atoms with E-state index in [0.717, 1.165) is 18.8 Å². The van der Waals surface area contributed by atoms with Gasteiger partial charge in [-0.2, -0.15) is 0 Å². The van der Waals surface area contributed by atoms with Crippen molar-refractivity contribution in [1.29, 1.82) is 0 Å². The van der Waals surface area contributed by atoms with Gasteiger partial charge in [0.2, 0.25) is 0 Å². The number of nitrogens with zero attached hydrogens (tertiary/aromatic N) is 2. The Morgan fingerprint density at radius 1 is 1.30 bits per heavy atom. The van der Waals surface area contributed by atoms with E-state index in [1.54, 1.807) is 24.1 Å². The number of aliphatic imine (C=N–C) groups is 1. The summed E-state index contributed by atoms with van der Waals surface area (Å²) < 4.78 is 0. The van der Waals surface area contributed by atoms with Crippen LogP contribution in [0.4, 0.5) is 11.4 Å². The summed E-state index contributed by atoms with van der Waals surface area (Å²) in [5.74, 6) is 0.666. The van der Waals surface area contributed by atoms with Crippen molar-refractivity contribution < 1.29 is 0 Å². The molecule has 5 nitrogen and oxygen atoms in total. The second-order valence-corrected chi connectivity index (χ2v) is 5.20. The molecule has 0 spiro atoms. The maximum absolute atomic E-state index is 6.20. The zero-order chi connectivity index (χ0) is 14.0. The van der Waals surface area contributed by atoms with Gasteiger partial charge in [0.25, 0.3) is 0 Å². The molecule has 1 heterocycles. The summed E-state index contributed by atoms with van der Waals surface area (Å²) in [5.41, 5.74) is 6.80. The van der Waals surface area contributed by atoms with Gasteiger partial charge in [0.15, 0.2) is 11.1 Å². The van der Waals surface area contributed by atoms with Crippen LogP contribution in [0.3, 0.4) is 0 Å². The molecule has 0 atom stereocenters. The highest BCUT2D eigenvalue weighted by Gasteiger charge is 2.13. The Labute approximate surface area is 138 Å². The third-order valence-electron chi connectivity index (χ3n) is 2.65. The Bertz CT molecular complexity index is 518. The molecule has 0 aromatic heterocycles. The molecule has 1 aliphatic heterocycles. The summed E-state index contributed by atoms with van der Waals surface area (Å²) in [4.78, 5) is 5.97. The summed E-state index contributed by atoms with van der Waals surface area (Å²) in [6.07, 6.45) is 0. The van der Waals surface area contributed by atoms with Gasteiger partial charge in [0, 0.05) is 25.8 Å². The molecule has 0 saturated carbocycles. The average molecular weight is 355 g/mol. The fraction of sp³-hybridized carbons (Fsp3) is 0.273. The first kappa shape index (κ1) is 17.1. The van der Waals surface area contributed by atoms with Crippen LogP contribution in [0.1, 0.15) is 0 Å². The molecular formula is C11H14Cl3N5S. The minimum absolute atomic E-state index is 0. The molecule has 2 rings (SSSR count). The van der Waals surface area contributed by atoms with Crippen molar-refractivity contribution in [3.63, 3.8) is 0 Å². The standard InChI is InChI=1S/C11H13Cl2N5S.ClH/c1-18(10(14)19)6-4-7(12)9(8(13)5-6)17-11-15-2-3-16-11;/h4-5H,2-3H2,1H3,(H2,14,19)(H2,15,16,17);1H. The van der Waals surface area contributed by atoms with Gasteiger partial charge >= 0.3 is 0 Å². The lowest BCUT2D eigenvalue weighted by atomic mass is 10.2. The van der Waals surface area contributed by atoms with Crippen molar-refractivity contribution in [3.8, 4) is 0 Å². The molecule has 20 heavy (non-hydrogen) atoms. The first-order chi connectivity index (χ1) is 8.99. The predicted octanol–water partition coefficient (Wildman–Crippen LogP) is 2.28. The molecule has 1 saturated heterocycles. The van der Waals surface area contributed by atoms with Crippen LogP contribution in [0.15, 0.2) is 17.1 Å². The fourth-order valence-corrected chi connectivity index (χ4v) is 2.26. The number of guanidine groups is 1. The largest absolute Gasteiger partial charge is 0.376 e. The van der Waals surface area contributed by atoms with E-state index < -0.39 is 0 Å². The van der Waals surface area contributed by atoms with Crippen LogP contribution in [0.25, 0.3) is 0 Å². The van der Waals surface area contributed by atoms with E-state index in [9.17, 15) is 0 Å². The van der Waals surface area contributed by atoms with E-state index in [0.29, 0.717) is 21.7 Å². The summed E-state index contributed by atoms with van der Waals surface area (Å²) in [7, 11) is 1.75. The fourth-order valence-electron chi connectivity index (χ4n) is 1.59. The molecule has 4 N–H and O–H groups in total. The Balaban J connectivity index is 0.00000200. The molecule has 1 fully saturated rings. The van der Waals surface area contributed by atoms with Gasteiger partial charge in [-0.25, -0.2) is 4.99 Å². The normalized spacial score (nSPS) is 13.1. The van der Waals surface area contributed by atoms with Gasteiger partial charge in [0.05, 0.1) is 10.0 Å². The number of hydrogen-bond acceptors (Lipinski definition) is 2. The summed E-state index contributed by atoms with van der Waals surface area (Å²) >= 11 is 17.3. The van der Waals surface area contributed by atoms with Gasteiger partial charge in [-0.3, -0.25) is 0 Å². The quantitative estimate of drug-likeness (QED) is 0.711. The van der Waals surface area contributed by atoms with Crippen LogP contribution < -0.4 is 21.3 Å². The third-order valence-corrected chi connectivity index (χ3v) is 3.50. The number of anilines is 1.